The second-order valence-corrected chi connectivity index (χ2v) is 11.5. The summed E-state index contributed by atoms with van der Waals surface area (Å²) in [6.07, 6.45) is 18.8. The molecule has 5 nitrogen and oxygen atoms in total. The van der Waals surface area contributed by atoms with E-state index in [-0.39, 0.29) is 35.4 Å². The minimum atomic E-state index is -1.11. The molecule has 2 aromatic rings. The number of likely N-dealkylation sites (tertiary alicyclic amines) is 1. The Bertz CT molecular complexity index is 1280. The standard InChI is InChI=1S/C37H45F2NO4/c1-2-3-4-5-6-7-8-9-10-11-12-13-20-30(25-35(41)42)37(44)40-26-31(23-28-18-14-16-21-33(28)38)36(43)32(27-40)24-29-19-15-17-22-34(29)39/h13-24,30H,2-12,25-27H2,1H3,(H,41,42)/b20-13+,31-23-,32-24+. The SMILES string of the molecule is CCCCCCCCCCCC/C=C/C(CC(=O)O)C(=O)N1C/C(=C/c2ccccc2F)C(=O)/C(=C/c2ccccc2F)C1. The molecule has 0 aliphatic carbocycles. The molecule has 0 radical (unpaired) electrons. The van der Waals surface area contributed by atoms with Gasteiger partial charge in [0.15, 0.2) is 5.78 Å². The van der Waals surface area contributed by atoms with Gasteiger partial charge in [0, 0.05) is 35.4 Å². The lowest BCUT2D eigenvalue weighted by Crippen LogP contribution is -2.44. The van der Waals surface area contributed by atoms with Crippen molar-refractivity contribution in [3.63, 3.8) is 0 Å². The van der Waals surface area contributed by atoms with Crippen LogP contribution in [0.1, 0.15) is 95.1 Å². The predicted octanol–water partition coefficient (Wildman–Crippen LogP) is 8.80. The van der Waals surface area contributed by atoms with E-state index in [1.807, 2.05) is 6.08 Å². The van der Waals surface area contributed by atoms with Gasteiger partial charge in [-0.3, -0.25) is 14.4 Å². The Morgan fingerprint density at radius 3 is 1.75 bits per heavy atom. The fraction of sp³-hybridized carbons (Fsp3) is 0.432. The number of carboxylic acid groups (broad SMARTS) is 1. The summed E-state index contributed by atoms with van der Waals surface area (Å²) in [4.78, 5) is 40.2. The van der Waals surface area contributed by atoms with Crippen LogP contribution in [0.25, 0.3) is 12.2 Å². The number of unbranched alkanes of at least 4 members (excludes halogenated alkanes) is 10. The van der Waals surface area contributed by atoms with Crippen LogP contribution < -0.4 is 0 Å². The number of aliphatic carboxylic acids is 1. The molecule has 1 fully saturated rings. The van der Waals surface area contributed by atoms with Gasteiger partial charge >= 0.3 is 5.97 Å². The average molecular weight is 606 g/mol. The summed E-state index contributed by atoms with van der Waals surface area (Å²) in [5.41, 5.74) is 0.712. The van der Waals surface area contributed by atoms with E-state index in [2.05, 4.69) is 6.92 Å². The summed E-state index contributed by atoms with van der Waals surface area (Å²) in [6, 6.07) is 12.0. The molecule has 1 unspecified atom stereocenters. The first-order valence-electron chi connectivity index (χ1n) is 15.9. The molecule has 1 aliphatic rings. The summed E-state index contributed by atoms with van der Waals surface area (Å²) >= 11 is 0. The largest absolute Gasteiger partial charge is 0.481 e. The van der Waals surface area contributed by atoms with Crippen molar-refractivity contribution < 1.29 is 28.3 Å². The van der Waals surface area contributed by atoms with Gasteiger partial charge in [0.05, 0.1) is 12.3 Å². The smallest absolute Gasteiger partial charge is 0.304 e. The molecule has 1 heterocycles. The van der Waals surface area contributed by atoms with Gasteiger partial charge < -0.3 is 10.0 Å². The number of piperidine rings is 1. The van der Waals surface area contributed by atoms with Crippen molar-refractivity contribution in [2.75, 3.05) is 13.1 Å². The van der Waals surface area contributed by atoms with Crippen molar-refractivity contribution in [1.82, 2.24) is 4.90 Å². The molecule has 1 atom stereocenters. The highest BCUT2D eigenvalue weighted by molar-refractivity contribution is 6.15. The summed E-state index contributed by atoms with van der Waals surface area (Å²) in [6.45, 7) is 2.00. The van der Waals surface area contributed by atoms with E-state index < -0.39 is 41.6 Å². The number of halogens is 2. The lowest BCUT2D eigenvalue weighted by Gasteiger charge is -2.32. The van der Waals surface area contributed by atoms with E-state index in [1.165, 1.54) is 98.4 Å². The Balaban J connectivity index is 1.71. The maximum absolute atomic E-state index is 14.5. The van der Waals surface area contributed by atoms with Crippen LogP contribution in [-0.2, 0) is 14.4 Å². The van der Waals surface area contributed by atoms with Crippen molar-refractivity contribution in [2.45, 2.75) is 84.0 Å². The Morgan fingerprint density at radius 2 is 1.27 bits per heavy atom. The molecule has 1 amide bonds. The van der Waals surface area contributed by atoms with Crippen LogP contribution in [0.3, 0.4) is 0 Å². The van der Waals surface area contributed by atoms with Crippen molar-refractivity contribution in [1.29, 1.82) is 0 Å². The first kappa shape index (κ1) is 34.6. The Hall–Kier alpha value is -3.87. The number of allylic oxidation sites excluding steroid dienone is 1. The minimum absolute atomic E-state index is 0.108. The van der Waals surface area contributed by atoms with Gasteiger partial charge in [0.1, 0.15) is 11.6 Å². The number of amides is 1. The molecule has 0 aromatic heterocycles. The highest BCUT2D eigenvalue weighted by Crippen LogP contribution is 2.26. The van der Waals surface area contributed by atoms with Crippen molar-refractivity contribution in [3.8, 4) is 0 Å². The highest BCUT2D eigenvalue weighted by atomic mass is 19.1. The van der Waals surface area contributed by atoms with Crippen molar-refractivity contribution >= 4 is 29.8 Å². The van der Waals surface area contributed by atoms with Gasteiger partial charge in [-0.2, -0.15) is 0 Å². The van der Waals surface area contributed by atoms with Crippen LogP contribution >= 0.6 is 0 Å². The van der Waals surface area contributed by atoms with Crippen LogP contribution in [0.2, 0.25) is 0 Å². The molecule has 2 aromatic carbocycles. The second-order valence-electron chi connectivity index (χ2n) is 11.5. The molecular formula is C37H45F2NO4. The van der Waals surface area contributed by atoms with Crippen LogP contribution in [-0.4, -0.2) is 40.8 Å². The zero-order valence-corrected chi connectivity index (χ0v) is 25.8. The topological polar surface area (TPSA) is 74.7 Å². The lowest BCUT2D eigenvalue weighted by molar-refractivity contribution is -0.143. The van der Waals surface area contributed by atoms with Gasteiger partial charge in [0.25, 0.3) is 0 Å². The Labute approximate surface area is 260 Å². The molecule has 1 aliphatic heterocycles. The number of hydrogen-bond donors (Lipinski definition) is 1. The Kier molecular flexibility index (Phi) is 14.7. The van der Waals surface area contributed by atoms with Gasteiger partial charge in [-0.25, -0.2) is 8.78 Å². The predicted molar refractivity (Wildman–Crippen MR) is 172 cm³/mol. The first-order chi connectivity index (χ1) is 21.3. The number of benzene rings is 2. The summed E-state index contributed by atoms with van der Waals surface area (Å²) in [7, 11) is 0. The minimum Gasteiger partial charge on any atom is -0.481 e. The summed E-state index contributed by atoms with van der Waals surface area (Å²) < 4.78 is 28.9. The normalized spacial score (nSPS) is 16.2. The van der Waals surface area contributed by atoms with Crippen LogP contribution in [0.15, 0.2) is 71.8 Å². The van der Waals surface area contributed by atoms with E-state index in [0.29, 0.717) is 0 Å². The zero-order chi connectivity index (χ0) is 31.7. The van der Waals surface area contributed by atoms with Gasteiger partial charge in [-0.05, 0) is 37.1 Å². The van der Waals surface area contributed by atoms with Gasteiger partial charge in [-0.1, -0.05) is 113 Å². The number of nitrogens with zero attached hydrogens (tertiary/aromatic N) is 1. The van der Waals surface area contributed by atoms with E-state index in [9.17, 15) is 28.3 Å². The quantitative estimate of drug-likeness (QED) is 0.111. The number of carbonyl (C=O) groups excluding carboxylic acids is 2. The molecule has 0 spiro atoms. The van der Waals surface area contributed by atoms with Crippen LogP contribution in [0.5, 0.6) is 0 Å². The third-order valence-corrected chi connectivity index (χ3v) is 7.89. The fourth-order valence-electron chi connectivity index (χ4n) is 5.43. The highest BCUT2D eigenvalue weighted by Gasteiger charge is 2.33. The maximum Gasteiger partial charge on any atom is 0.304 e. The molecule has 44 heavy (non-hydrogen) atoms. The van der Waals surface area contributed by atoms with Gasteiger partial charge in [-0.15, -0.1) is 0 Å². The summed E-state index contributed by atoms with van der Waals surface area (Å²) in [5.74, 6) is -3.92. The molecular weight excluding hydrogens is 560 g/mol. The average Bonchev–Trinajstić information content (AvgIpc) is 3.00. The zero-order valence-electron chi connectivity index (χ0n) is 25.8. The second kappa shape index (κ2) is 18.7. The molecule has 7 heteroatoms. The van der Waals surface area contributed by atoms with E-state index in [1.54, 1.807) is 18.2 Å². The molecule has 1 saturated heterocycles. The molecule has 1 N–H and O–H groups in total. The molecule has 3 rings (SSSR count). The number of rotatable bonds is 17. The number of hydrogen-bond acceptors (Lipinski definition) is 3. The van der Waals surface area contributed by atoms with Crippen molar-refractivity contribution in [2.24, 2.45) is 5.92 Å². The number of carboxylic acids is 1. The molecule has 0 saturated carbocycles. The number of ketones is 1. The lowest BCUT2D eigenvalue weighted by atomic mass is 9.92. The summed E-state index contributed by atoms with van der Waals surface area (Å²) in [5, 5.41) is 9.55. The Morgan fingerprint density at radius 1 is 0.795 bits per heavy atom. The van der Waals surface area contributed by atoms with Gasteiger partial charge in [0.2, 0.25) is 5.91 Å². The van der Waals surface area contributed by atoms with Crippen LogP contribution in [0.4, 0.5) is 8.78 Å². The molecule has 0 bridgehead atoms. The molecule has 236 valence electrons. The first-order valence-corrected chi connectivity index (χ1v) is 15.9. The van der Waals surface area contributed by atoms with E-state index in [0.717, 1.165) is 25.7 Å². The van der Waals surface area contributed by atoms with Crippen LogP contribution in [0, 0.1) is 17.6 Å². The maximum atomic E-state index is 14.5. The number of Topliss-reactive ketones (excluding diaryl/α,β-unsaturated/α-hetero) is 1. The monoisotopic (exact) mass is 605 g/mol. The van der Waals surface area contributed by atoms with Crippen molar-refractivity contribution in [3.05, 3.63) is 94.6 Å². The van der Waals surface area contributed by atoms with E-state index >= 15 is 0 Å². The third-order valence-electron chi connectivity index (χ3n) is 7.89. The van der Waals surface area contributed by atoms with E-state index in [4.69, 9.17) is 0 Å². The third kappa shape index (κ3) is 11.3. The fourth-order valence-corrected chi connectivity index (χ4v) is 5.43. The number of carbonyl (C=O) groups is 3.